The van der Waals surface area contributed by atoms with E-state index in [1.165, 1.54) is 11.3 Å². The second kappa shape index (κ2) is 6.16. The van der Waals surface area contributed by atoms with Crippen LogP contribution in [0.4, 0.5) is 5.69 Å². The summed E-state index contributed by atoms with van der Waals surface area (Å²) in [6, 6.07) is 12.0. The Morgan fingerprint density at radius 3 is 2.84 bits per heavy atom. The number of hydrogen-bond donors (Lipinski definition) is 0. The molecule has 0 aliphatic carbocycles. The van der Waals surface area contributed by atoms with E-state index in [2.05, 4.69) is 58.5 Å². The normalized spacial score (nSPS) is 17.9. The Balaban J connectivity index is 1.52. The van der Waals surface area contributed by atoms with E-state index in [4.69, 9.17) is 0 Å². The summed E-state index contributed by atoms with van der Waals surface area (Å²) in [5.41, 5.74) is 3.71. The molecule has 3 heterocycles. The van der Waals surface area contributed by atoms with Gasteiger partial charge in [-0.15, -0.1) is 5.10 Å². The minimum absolute atomic E-state index is 0.0300. The summed E-state index contributed by atoms with van der Waals surface area (Å²) in [6.07, 6.45) is 1.72. The van der Waals surface area contributed by atoms with E-state index >= 15 is 0 Å². The zero-order valence-electron chi connectivity index (χ0n) is 14.3. The maximum Gasteiger partial charge on any atom is 0.254 e. The van der Waals surface area contributed by atoms with Crippen LogP contribution in [0.15, 0.2) is 42.6 Å². The lowest BCUT2D eigenvalue weighted by Gasteiger charge is -2.41. The van der Waals surface area contributed by atoms with Gasteiger partial charge in [0.05, 0.1) is 0 Å². The molecule has 3 aromatic rings. The monoisotopic (exact) mass is 336 g/mol. The SMILES string of the molecule is Cc1ccccc1N1CCN(C(=O)c2ccn3nnnc3c2)[C@@H](C)C1. The van der Waals surface area contributed by atoms with Gasteiger partial charge in [-0.3, -0.25) is 4.79 Å². The number of nitrogens with zero attached hydrogens (tertiary/aromatic N) is 6. The predicted molar refractivity (Wildman–Crippen MR) is 94.7 cm³/mol. The molecule has 1 saturated heterocycles. The highest BCUT2D eigenvalue weighted by Crippen LogP contribution is 2.23. The molecule has 1 atom stereocenters. The van der Waals surface area contributed by atoms with Crippen molar-refractivity contribution in [3.8, 4) is 0 Å². The molecule has 4 rings (SSSR count). The smallest absolute Gasteiger partial charge is 0.254 e. The third kappa shape index (κ3) is 2.82. The van der Waals surface area contributed by atoms with E-state index < -0.39 is 0 Å². The number of amides is 1. The maximum atomic E-state index is 12.9. The third-order valence-corrected chi connectivity index (χ3v) is 4.79. The molecular weight excluding hydrogens is 316 g/mol. The highest BCUT2D eigenvalue weighted by Gasteiger charge is 2.28. The number of anilines is 1. The van der Waals surface area contributed by atoms with Gasteiger partial charge in [0.15, 0.2) is 5.65 Å². The lowest BCUT2D eigenvalue weighted by atomic mass is 10.1. The topological polar surface area (TPSA) is 66.6 Å². The average Bonchev–Trinajstić information content (AvgIpc) is 3.09. The summed E-state index contributed by atoms with van der Waals surface area (Å²) in [7, 11) is 0. The van der Waals surface area contributed by atoms with E-state index in [9.17, 15) is 4.79 Å². The molecule has 7 heteroatoms. The number of tetrazole rings is 1. The quantitative estimate of drug-likeness (QED) is 0.714. The highest BCUT2D eigenvalue weighted by molar-refractivity contribution is 5.95. The summed E-state index contributed by atoms with van der Waals surface area (Å²) >= 11 is 0. The van der Waals surface area contributed by atoms with Crippen molar-refractivity contribution < 1.29 is 4.79 Å². The number of piperazine rings is 1. The number of hydrogen-bond acceptors (Lipinski definition) is 5. The molecule has 0 radical (unpaired) electrons. The minimum atomic E-state index is 0.0300. The highest BCUT2D eigenvalue weighted by atomic mass is 16.2. The lowest BCUT2D eigenvalue weighted by molar-refractivity contribution is 0.0674. The molecule has 0 spiro atoms. The van der Waals surface area contributed by atoms with Gasteiger partial charge in [0.1, 0.15) is 0 Å². The van der Waals surface area contributed by atoms with Crippen molar-refractivity contribution in [2.24, 2.45) is 0 Å². The van der Waals surface area contributed by atoms with Gasteiger partial charge in [-0.2, -0.15) is 0 Å². The van der Waals surface area contributed by atoms with Crippen LogP contribution in [0.1, 0.15) is 22.8 Å². The van der Waals surface area contributed by atoms with Crippen LogP contribution in [0.2, 0.25) is 0 Å². The number of aryl methyl sites for hydroxylation is 1. The molecule has 0 saturated carbocycles. The molecule has 2 aromatic heterocycles. The summed E-state index contributed by atoms with van der Waals surface area (Å²) in [5.74, 6) is 0.0300. The van der Waals surface area contributed by atoms with Crippen LogP contribution in [-0.4, -0.2) is 56.5 Å². The first-order chi connectivity index (χ1) is 12.1. The van der Waals surface area contributed by atoms with Gasteiger partial charge in [0.2, 0.25) is 0 Å². The van der Waals surface area contributed by atoms with E-state index in [0.29, 0.717) is 17.8 Å². The second-order valence-corrected chi connectivity index (χ2v) is 6.48. The van der Waals surface area contributed by atoms with Gasteiger partial charge < -0.3 is 9.80 Å². The van der Waals surface area contributed by atoms with E-state index in [0.717, 1.165) is 13.1 Å². The summed E-state index contributed by atoms with van der Waals surface area (Å²) in [4.78, 5) is 17.2. The van der Waals surface area contributed by atoms with Crippen LogP contribution in [0.3, 0.4) is 0 Å². The number of aromatic nitrogens is 4. The van der Waals surface area contributed by atoms with E-state index in [-0.39, 0.29) is 11.9 Å². The van der Waals surface area contributed by atoms with Gasteiger partial charge in [0, 0.05) is 43.1 Å². The van der Waals surface area contributed by atoms with E-state index in [1.807, 2.05) is 4.90 Å². The van der Waals surface area contributed by atoms with Crippen LogP contribution >= 0.6 is 0 Å². The van der Waals surface area contributed by atoms with Gasteiger partial charge in [-0.05, 0) is 48.0 Å². The van der Waals surface area contributed by atoms with Crippen molar-refractivity contribution in [1.82, 2.24) is 24.9 Å². The number of pyridine rings is 1. The predicted octanol–water partition coefficient (Wildman–Crippen LogP) is 1.78. The Hall–Kier alpha value is -2.96. The number of rotatable bonds is 2. The molecule has 1 amide bonds. The molecule has 25 heavy (non-hydrogen) atoms. The Bertz CT molecular complexity index is 921. The zero-order valence-corrected chi connectivity index (χ0v) is 14.3. The second-order valence-electron chi connectivity index (χ2n) is 6.48. The van der Waals surface area contributed by atoms with Crippen molar-refractivity contribution in [2.75, 3.05) is 24.5 Å². The standard InChI is InChI=1S/C18H20N6O/c1-13-5-3-4-6-16(13)22-9-10-23(14(2)12-22)18(25)15-7-8-24-17(11-15)19-20-21-24/h3-8,11,14H,9-10,12H2,1-2H3/t14-/m0/s1. The number of carbonyl (C=O) groups is 1. The first kappa shape index (κ1) is 15.6. The van der Waals surface area contributed by atoms with E-state index in [1.54, 1.807) is 22.8 Å². The number of benzene rings is 1. The van der Waals surface area contributed by atoms with Crippen LogP contribution in [-0.2, 0) is 0 Å². The average molecular weight is 336 g/mol. The molecule has 1 aliphatic heterocycles. The molecule has 1 aliphatic rings. The Morgan fingerprint density at radius 2 is 2.04 bits per heavy atom. The fourth-order valence-electron chi connectivity index (χ4n) is 3.44. The number of carbonyl (C=O) groups excluding carboxylic acids is 1. The molecule has 128 valence electrons. The molecule has 7 nitrogen and oxygen atoms in total. The third-order valence-electron chi connectivity index (χ3n) is 4.79. The van der Waals surface area contributed by atoms with Gasteiger partial charge >= 0.3 is 0 Å². The Labute approximate surface area is 145 Å². The zero-order chi connectivity index (χ0) is 17.4. The van der Waals surface area contributed by atoms with Crippen LogP contribution in [0, 0.1) is 6.92 Å². The van der Waals surface area contributed by atoms with Gasteiger partial charge in [-0.25, -0.2) is 4.52 Å². The van der Waals surface area contributed by atoms with Crippen LogP contribution < -0.4 is 4.90 Å². The molecule has 1 fully saturated rings. The number of para-hydroxylation sites is 1. The van der Waals surface area contributed by atoms with Crippen LogP contribution in [0.5, 0.6) is 0 Å². The molecule has 0 N–H and O–H groups in total. The Kier molecular flexibility index (Phi) is 3.83. The molecular formula is C18H20N6O. The first-order valence-electron chi connectivity index (χ1n) is 8.43. The summed E-state index contributed by atoms with van der Waals surface area (Å²) < 4.78 is 1.55. The minimum Gasteiger partial charge on any atom is -0.367 e. The molecule has 0 unspecified atom stereocenters. The van der Waals surface area contributed by atoms with Gasteiger partial charge in [-0.1, -0.05) is 18.2 Å². The largest absolute Gasteiger partial charge is 0.367 e. The lowest BCUT2D eigenvalue weighted by Crippen LogP contribution is -2.54. The van der Waals surface area contributed by atoms with Gasteiger partial charge in [0.25, 0.3) is 5.91 Å². The van der Waals surface area contributed by atoms with Crippen molar-refractivity contribution in [3.05, 3.63) is 53.7 Å². The first-order valence-corrected chi connectivity index (χ1v) is 8.43. The fraction of sp³-hybridized carbons (Fsp3) is 0.333. The molecule has 1 aromatic carbocycles. The van der Waals surface area contributed by atoms with Crippen molar-refractivity contribution in [2.45, 2.75) is 19.9 Å². The Morgan fingerprint density at radius 1 is 1.20 bits per heavy atom. The fourth-order valence-corrected chi connectivity index (χ4v) is 3.44. The summed E-state index contributed by atoms with van der Waals surface area (Å²) in [5, 5.41) is 11.3. The summed E-state index contributed by atoms with van der Waals surface area (Å²) in [6.45, 7) is 6.57. The van der Waals surface area contributed by atoms with Crippen LogP contribution in [0.25, 0.3) is 5.65 Å². The maximum absolute atomic E-state index is 12.9. The number of fused-ring (bicyclic) bond motifs is 1. The van der Waals surface area contributed by atoms with Crippen molar-refractivity contribution in [1.29, 1.82) is 0 Å². The van der Waals surface area contributed by atoms with Crippen molar-refractivity contribution in [3.63, 3.8) is 0 Å². The molecule has 0 bridgehead atoms. The van der Waals surface area contributed by atoms with Crippen molar-refractivity contribution >= 4 is 17.2 Å².